The van der Waals surface area contributed by atoms with Crippen molar-refractivity contribution in [2.24, 2.45) is 7.05 Å². The monoisotopic (exact) mass is 205 g/mol. The van der Waals surface area contributed by atoms with Gasteiger partial charge in [0.1, 0.15) is 0 Å². The van der Waals surface area contributed by atoms with E-state index >= 15 is 0 Å². The van der Waals surface area contributed by atoms with Crippen molar-refractivity contribution in [3.8, 4) is 11.5 Å². The molecule has 4 nitrogen and oxygen atoms in total. The van der Waals surface area contributed by atoms with Gasteiger partial charge < -0.3 is 14.4 Å². The summed E-state index contributed by atoms with van der Waals surface area (Å²) in [6, 6.07) is 7.13. The number of nitrogens with zero attached hydrogens (tertiary/aromatic N) is 1. The summed E-state index contributed by atoms with van der Waals surface area (Å²) >= 11 is 0. The quantitative estimate of drug-likeness (QED) is 0.762. The summed E-state index contributed by atoms with van der Waals surface area (Å²) < 4.78 is 6.33. The van der Waals surface area contributed by atoms with Crippen molar-refractivity contribution in [3.63, 3.8) is 0 Å². The molecule has 78 valence electrons. The number of aromatic nitrogens is 1. The summed E-state index contributed by atoms with van der Waals surface area (Å²) in [7, 11) is 3.01. The van der Waals surface area contributed by atoms with Gasteiger partial charge in [0.05, 0.1) is 12.6 Å². The third kappa shape index (κ3) is 1.26. The number of ether oxygens (including phenoxy) is 1. The predicted octanol–water partition coefficient (Wildman–Crippen LogP) is 1.25. The lowest BCUT2D eigenvalue weighted by Gasteiger charge is -2.09. The molecule has 0 aliphatic carbocycles. The predicted molar refractivity (Wildman–Crippen MR) is 57.4 cm³/mol. The number of aromatic hydroxyl groups is 1. The number of fused-ring (bicyclic) bond motifs is 1. The first-order valence-corrected chi connectivity index (χ1v) is 4.51. The van der Waals surface area contributed by atoms with Crippen LogP contribution < -0.4 is 10.3 Å². The minimum atomic E-state index is -0.339. The molecule has 1 N–H and O–H groups in total. The van der Waals surface area contributed by atoms with E-state index in [0.717, 1.165) is 0 Å². The lowest BCUT2D eigenvalue weighted by Crippen LogP contribution is -2.18. The molecule has 0 unspecified atom stereocenters. The largest absolute Gasteiger partial charge is 0.504 e. The van der Waals surface area contributed by atoms with Gasteiger partial charge >= 0.3 is 0 Å². The van der Waals surface area contributed by atoms with Gasteiger partial charge in [0.15, 0.2) is 5.75 Å². The van der Waals surface area contributed by atoms with E-state index in [1.807, 2.05) is 6.07 Å². The van der Waals surface area contributed by atoms with E-state index in [1.165, 1.54) is 11.7 Å². The van der Waals surface area contributed by atoms with Crippen LogP contribution in [-0.2, 0) is 7.05 Å². The standard InChI is InChI=1S/C11H11NO3/c1-12-8-6-4-3-5-7(8)9(13)10(15-2)11(12)14/h3-6,13H,1-2H3. The maximum absolute atomic E-state index is 11.7. The second kappa shape index (κ2) is 3.31. The van der Waals surface area contributed by atoms with E-state index in [-0.39, 0.29) is 17.1 Å². The maximum Gasteiger partial charge on any atom is 0.297 e. The van der Waals surface area contributed by atoms with Crippen LogP contribution >= 0.6 is 0 Å². The van der Waals surface area contributed by atoms with E-state index in [2.05, 4.69) is 0 Å². The smallest absolute Gasteiger partial charge is 0.297 e. The molecule has 0 aliphatic heterocycles. The van der Waals surface area contributed by atoms with Gasteiger partial charge in [0.2, 0.25) is 5.75 Å². The van der Waals surface area contributed by atoms with Crippen molar-refractivity contribution >= 4 is 10.9 Å². The molecule has 0 radical (unpaired) electrons. The zero-order valence-corrected chi connectivity index (χ0v) is 8.52. The van der Waals surface area contributed by atoms with Gasteiger partial charge in [0.25, 0.3) is 5.56 Å². The number of hydrogen-bond donors (Lipinski definition) is 1. The molecular formula is C11H11NO3. The van der Waals surface area contributed by atoms with Gasteiger partial charge in [-0.3, -0.25) is 4.79 Å². The average molecular weight is 205 g/mol. The number of rotatable bonds is 1. The number of pyridine rings is 1. The van der Waals surface area contributed by atoms with Crippen molar-refractivity contribution < 1.29 is 9.84 Å². The maximum atomic E-state index is 11.7. The number of methoxy groups -OCH3 is 1. The molecule has 2 aromatic rings. The number of hydrogen-bond acceptors (Lipinski definition) is 3. The highest BCUT2D eigenvalue weighted by molar-refractivity contribution is 5.87. The Morgan fingerprint density at radius 3 is 2.67 bits per heavy atom. The van der Waals surface area contributed by atoms with Crippen molar-refractivity contribution in [1.82, 2.24) is 4.57 Å². The van der Waals surface area contributed by atoms with Gasteiger partial charge in [-0.25, -0.2) is 0 Å². The number of aryl methyl sites for hydroxylation is 1. The van der Waals surface area contributed by atoms with E-state index in [4.69, 9.17) is 4.74 Å². The molecule has 2 rings (SSSR count). The van der Waals surface area contributed by atoms with Gasteiger partial charge in [-0.2, -0.15) is 0 Å². The van der Waals surface area contributed by atoms with E-state index < -0.39 is 0 Å². The van der Waals surface area contributed by atoms with Crippen LogP contribution in [0.1, 0.15) is 0 Å². The second-order valence-corrected chi connectivity index (χ2v) is 3.26. The molecule has 1 heterocycles. The van der Waals surface area contributed by atoms with E-state index in [9.17, 15) is 9.90 Å². The fourth-order valence-electron chi connectivity index (χ4n) is 1.64. The highest BCUT2D eigenvalue weighted by Gasteiger charge is 2.13. The van der Waals surface area contributed by atoms with Crippen molar-refractivity contribution in [2.45, 2.75) is 0 Å². The van der Waals surface area contributed by atoms with Gasteiger partial charge in [0, 0.05) is 12.4 Å². The van der Waals surface area contributed by atoms with Crippen molar-refractivity contribution in [3.05, 3.63) is 34.6 Å². The highest BCUT2D eigenvalue weighted by Crippen LogP contribution is 2.30. The molecule has 0 amide bonds. The summed E-state index contributed by atoms with van der Waals surface area (Å²) in [6.07, 6.45) is 0. The Labute approximate surface area is 86.3 Å². The van der Waals surface area contributed by atoms with Crippen LogP contribution in [0.5, 0.6) is 11.5 Å². The molecule has 0 fully saturated rings. The van der Waals surface area contributed by atoms with Gasteiger partial charge in [-0.15, -0.1) is 0 Å². The van der Waals surface area contributed by atoms with Crippen LogP contribution in [0, 0.1) is 0 Å². The third-order valence-corrected chi connectivity index (χ3v) is 2.44. The fraction of sp³-hybridized carbons (Fsp3) is 0.182. The summed E-state index contributed by atoms with van der Waals surface area (Å²) in [5.41, 5.74) is 0.342. The summed E-state index contributed by atoms with van der Waals surface area (Å²) in [5.74, 6) is -0.118. The summed E-state index contributed by atoms with van der Waals surface area (Å²) in [6.45, 7) is 0. The lowest BCUT2D eigenvalue weighted by molar-refractivity contribution is 0.368. The average Bonchev–Trinajstić information content (AvgIpc) is 2.27. The first kappa shape index (κ1) is 9.58. The Bertz CT molecular complexity index is 572. The van der Waals surface area contributed by atoms with E-state index in [1.54, 1.807) is 25.2 Å². The molecule has 0 saturated carbocycles. The molecule has 1 aromatic carbocycles. The zero-order chi connectivity index (χ0) is 11.0. The molecule has 15 heavy (non-hydrogen) atoms. The highest BCUT2D eigenvalue weighted by atomic mass is 16.5. The Hall–Kier alpha value is -1.97. The minimum absolute atomic E-state index is 0.0174. The molecule has 0 spiro atoms. The Kier molecular flexibility index (Phi) is 2.11. The molecule has 0 aliphatic rings. The normalized spacial score (nSPS) is 10.5. The van der Waals surface area contributed by atoms with Crippen molar-refractivity contribution in [1.29, 1.82) is 0 Å². The Morgan fingerprint density at radius 1 is 1.33 bits per heavy atom. The van der Waals surface area contributed by atoms with Crippen LogP contribution in [-0.4, -0.2) is 16.8 Å². The van der Waals surface area contributed by atoms with Crippen LogP contribution in [0.25, 0.3) is 10.9 Å². The first-order valence-electron chi connectivity index (χ1n) is 4.51. The fourth-order valence-corrected chi connectivity index (χ4v) is 1.64. The number of benzene rings is 1. The zero-order valence-electron chi connectivity index (χ0n) is 8.52. The van der Waals surface area contributed by atoms with Crippen LogP contribution in [0.3, 0.4) is 0 Å². The van der Waals surface area contributed by atoms with Gasteiger partial charge in [-0.05, 0) is 12.1 Å². The summed E-state index contributed by atoms with van der Waals surface area (Å²) in [5, 5.41) is 10.4. The molecule has 0 bridgehead atoms. The lowest BCUT2D eigenvalue weighted by atomic mass is 10.2. The van der Waals surface area contributed by atoms with Crippen LogP contribution in [0.2, 0.25) is 0 Å². The van der Waals surface area contributed by atoms with Crippen LogP contribution in [0.4, 0.5) is 0 Å². The number of para-hydroxylation sites is 1. The molecule has 0 saturated heterocycles. The second-order valence-electron chi connectivity index (χ2n) is 3.26. The van der Waals surface area contributed by atoms with Crippen LogP contribution in [0.15, 0.2) is 29.1 Å². The third-order valence-electron chi connectivity index (χ3n) is 2.44. The summed E-state index contributed by atoms with van der Waals surface area (Å²) in [4.78, 5) is 11.7. The van der Waals surface area contributed by atoms with E-state index in [0.29, 0.717) is 10.9 Å². The molecule has 1 aromatic heterocycles. The Balaban J connectivity index is 3.03. The van der Waals surface area contributed by atoms with Crippen molar-refractivity contribution in [2.75, 3.05) is 7.11 Å². The molecular weight excluding hydrogens is 194 g/mol. The topological polar surface area (TPSA) is 51.5 Å². The Morgan fingerprint density at radius 2 is 2.00 bits per heavy atom. The molecule has 0 atom stereocenters. The van der Waals surface area contributed by atoms with Gasteiger partial charge in [-0.1, -0.05) is 12.1 Å². The SMILES string of the molecule is COc1c(O)c2ccccc2n(C)c1=O. The minimum Gasteiger partial charge on any atom is -0.504 e. The molecule has 4 heteroatoms. The first-order chi connectivity index (χ1) is 7.16.